The van der Waals surface area contributed by atoms with E-state index in [4.69, 9.17) is 10.00 Å². The molecule has 1 heterocycles. The first-order valence-corrected chi connectivity index (χ1v) is 8.89. The molecule has 1 aromatic heterocycles. The molecule has 0 radical (unpaired) electrons. The number of carbonyl (C=O) groups excluding carboxylic acids is 1. The Kier molecular flexibility index (Phi) is 6.06. The first-order valence-electron chi connectivity index (χ1n) is 8.89. The molecule has 9 heteroatoms. The van der Waals surface area contributed by atoms with Gasteiger partial charge < -0.3 is 4.74 Å². The molecule has 0 unspecified atom stereocenters. The Balaban J connectivity index is 2.04. The van der Waals surface area contributed by atoms with Crippen LogP contribution in [0.3, 0.4) is 0 Å². The van der Waals surface area contributed by atoms with E-state index >= 15 is 0 Å². The summed E-state index contributed by atoms with van der Waals surface area (Å²) in [5.74, 6) is -0.769. The van der Waals surface area contributed by atoms with E-state index in [-0.39, 0.29) is 35.8 Å². The second-order valence-electron chi connectivity index (χ2n) is 6.22. The van der Waals surface area contributed by atoms with Crippen molar-refractivity contribution in [3.63, 3.8) is 0 Å². The lowest BCUT2D eigenvalue weighted by molar-refractivity contribution is -0.137. The fraction of sp³-hybridized carbons (Fsp3) is 0.190. The third-order valence-corrected chi connectivity index (χ3v) is 4.13. The van der Waals surface area contributed by atoms with E-state index in [1.54, 1.807) is 31.2 Å². The molecular weight excluding hydrogens is 397 g/mol. The number of rotatable bonds is 5. The monoisotopic (exact) mass is 412 g/mol. The summed E-state index contributed by atoms with van der Waals surface area (Å²) in [5, 5.41) is 16.6. The molecule has 0 saturated carbocycles. The summed E-state index contributed by atoms with van der Waals surface area (Å²) < 4.78 is 44.1. The fourth-order valence-corrected chi connectivity index (χ4v) is 2.69. The molecule has 3 aromatic rings. The molecule has 0 spiro atoms. The zero-order valence-corrected chi connectivity index (χ0v) is 15.8. The summed E-state index contributed by atoms with van der Waals surface area (Å²) in [4.78, 5) is 16.5. The van der Waals surface area contributed by atoms with Gasteiger partial charge >= 0.3 is 12.1 Å². The molecule has 0 aliphatic carbocycles. The van der Waals surface area contributed by atoms with Gasteiger partial charge in [0, 0.05) is 12.0 Å². The standard InChI is InChI=1S/C21H15F3N4O2/c1-2-30-20(29)18-17(10-13-6-8-14(12-25)9-7-13)26-19(28-27-18)15-4-3-5-16(11-15)21(22,23)24/h3-9,11H,2,10H2,1H3. The number of ether oxygens (including phenoxy) is 1. The second-order valence-corrected chi connectivity index (χ2v) is 6.22. The summed E-state index contributed by atoms with van der Waals surface area (Å²) in [6, 6.07) is 13.2. The van der Waals surface area contributed by atoms with Crippen LogP contribution in [0.5, 0.6) is 0 Å². The Hall–Kier alpha value is -3.80. The molecule has 2 aromatic carbocycles. The van der Waals surface area contributed by atoms with Crippen LogP contribution in [-0.4, -0.2) is 27.8 Å². The number of nitriles is 1. The molecule has 0 aliphatic heterocycles. The van der Waals surface area contributed by atoms with Crippen LogP contribution in [-0.2, 0) is 17.3 Å². The van der Waals surface area contributed by atoms with Crippen molar-refractivity contribution in [3.8, 4) is 17.5 Å². The van der Waals surface area contributed by atoms with Gasteiger partial charge in [-0.3, -0.25) is 0 Å². The van der Waals surface area contributed by atoms with Gasteiger partial charge in [-0.1, -0.05) is 24.3 Å². The van der Waals surface area contributed by atoms with Crippen molar-refractivity contribution in [3.05, 3.63) is 76.6 Å². The van der Waals surface area contributed by atoms with Crippen molar-refractivity contribution in [1.82, 2.24) is 15.2 Å². The average Bonchev–Trinajstić information content (AvgIpc) is 2.74. The molecule has 0 aliphatic rings. The Labute approximate surface area is 170 Å². The van der Waals surface area contributed by atoms with Crippen LogP contribution >= 0.6 is 0 Å². The van der Waals surface area contributed by atoms with Crippen molar-refractivity contribution < 1.29 is 22.7 Å². The molecule has 0 amide bonds. The SMILES string of the molecule is CCOC(=O)c1nnc(-c2cccc(C(F)(F)F)c2)nc1Cc1ccc(C#N)cc1. The number of hydrogen-bond donors (Lipinski definition) is 0. The third-order valence-electron chi connectivity index (χ3n) is 4.13. The lowest BCUT2D eigenvalue weighted by Gasteiger charge is -2.10. The van der Waals surface area contributed by atoms with Crippen LogP contribution in [0.25, 0.3) is 11.4 Å². The second kappa shape index (κ2) is 8.69. The quantitative estimate of drug-likeness (QED) is 0.584. The van der Waals surface area contributed by atoms with Gasteiger partial charge in [0.2, 0.25) is 0 Å². The maximum absolute atomic E-state index is 13.0. The van der Waals surface area contributed by atoms with Gasteiger partial charge in [0.05, 0.1) is 29.5 Å². The minimum Gasteiger partial charge on any atom is -0.461 e. The molecule has 0 N–H and O–H groups in total. The van der Waals surface area contributed by atoms with Crippen molar-refractivity contribution in [2.45, 2.75) is 19.5 Å². The summed E-state index contributed by atoms with van der Waals surface area (Å²) in [6.45, 7) is 1.75. The van der Waals surface area contributed by atoms with E-state index in [0.29, 0.717) is 5.56 Å². The number of esters is 1. The molecule has 0 atom stereocenters. The Morgan fingerprint density at radius 3 is 2.50 bits per heavy atom. The van der Waals surface area contributed by atoms with Crippen molar-refractivity contribution in [2.24, 2.45) is 0 Å². The predicted octanol–water partition coefficient (Wildman–Crippen LogP) is 4.20. The highest BCUT2D eigenvalue weighted by molar-refractivity contribution is 5.88. The largest absolute Gasteiger partial charge is 0.461 e. The maximum atomic E-state index is 13.0. The first kappa shape index (κ1) is 20.9. The van der Waals surface area contributed by atoms with Crippen LogP contribution in [0.4, 0.5) is 13.2 Å². The molecule has 30 heavy (non-hydrogen) atoms. The molecule has 0 fully saturated rings. The first-order chi connectivity index (χ1) is 14.3. The number of nitrogens with zero attached hydrogens (tertiary/aromatic N) is 4. The van der Waals surface area contributed by atoms with E-state index in [1.165, 1.54) is 12.1 Å². The molecular formula is C21H15F3N4O2. The minimum absolute atomic E-state index is 0.0437. The number of hydrogen-bond acceptors (Lipinski definition) is 6. The van der Waals surface area contributed by atoms with Crippen LogP contribution in [0, 0.1) is 11.3 Å². The number of aromatic nitrogens is 3. The average molecular weight is 412 g/mol. The van der Waals surface area contributed by atoms with Crippen molar-refractivity contribution >= 4 is 5.97 Å². The number of halogens is 3. The molecule has 0 saturated heterocycles. The Morgan fingerprint density at radius 2 is 1.87 bits per heavy atom. The summed E-state index contributed by atoms with van der Waals surface area (Å²) >= 11 is 0. The minimum atomic E-state index is -4.51. The molecule has 6 nitrogen and oxygen atoms in total. The van der Waals surface area contributed by atoms with Gasteiger partial charge in [-0.05, 0) is 36.8 Å². The lowest BCUT2D eigenvalue weighted by Crippen LogP contribution is -2.15. The highest BCUT2D eigenvalue weighted by atomic mass is 19.4. The van der Waals surface area contributed by atoms with Gasteiger partial charge in [0.15, 0.2) is 11.5 Å². The van der Waals surface area contributed by atoms with Crippen LogP contribution in [0.2, 0.25) is 0 Å². The van der Waals surface area contributed by atoms with Crippen LogP contribution < -0.4 is 0 Å². The van der Waals surface area contributed by atoms with Gasteiger partial charge in [-0.15, -0.1) is 10.2 Å². The number of alkyl halides is 3. The molecule has 3 rings (SSSR count). The normalized spacial score (nSPS) is 11.0. The van der Waals surface area contributed by atoms with Gasteiger partial charge in [0.1, 0.15) is 0 Å². The highest BCUT2D eigenvalue weighted by Gasteiger charge is 2.30. The van der Waals surface area contributed by atoms with E-state index in [1.807, 2.05) is 6.07 Å². The van der Waals surface area contributed by atoms with Gasteiger partial charge in [0.25, 0.3) is 0 Å². The van der Waals surface area contributed by atoms with Gasteiger partial charge in [-0.25, -0.2) is 9.78 Å². The van der Waals surface area contributed by atoms with E-state index in [0.717, 1.165) is 17.7 Å². The summed E-state index contributed by atoms with van der Waals surface area (Å²) in [6.07, 6.45) is -4.36. The van der Waals surface area contributed by atoms with Crippen LogP contribution in [0.1, 0.15) is 39.8 Å². The summed E-state index contributed by atoms with van der Waals surface area (Å²) in [5.41, 5.74) is 0.572. The smallest absolute Gasteiger partial charge is 0.416 e. The van der Waals surface area contributed by atoms with Crippen LogP contribution in [0.15, 0.2) is 48.5 Å². The zero-order valence-electron chi connectivity index (χ0n) is 15.8. The number of carbonyl (C=O) groups is 1. The summed E-state index contributed by atoms with van der Waals surface area (Å²) in [7, 11) is 0. The fourth-order valence-electron chi connectivity index (χ4n) is 2.69. The number of benzene rings is 2. The molecule has 152 valence electrons. The predicted molar refractivity (Wildman–Crippen MR) is 100 cm³/mol. The Bertz CT molecular complexity index is 1110. The van der Waals surface area contributed by atoms with E-state index < -0.39 is 17.7 Å². The third kappa shape index (κ3) is 4.78. The van der Waals surface area contributed by atoms with E-state index in [9.17, 15) is 18.0 Å². The van der Waals surface area contributed by atoms with Gasteiger partial charge in [-0.2, -0.15) is 18.4 Å². The zero-order chi connectivity index (χ0) is 21.7. The maximum Gasteiger partial charge on any atom is 0.416 e. The Morgan fingerprint density at radius 1 is 1.13 bits per heavy atom. The highest BCUT2D eigenvalue weighted by Crippen LogP contribution is 2.31. The van der Waals surface area contributed by atoms with Crippen molar-refractivity contribution in [1.29, 1.82) is 5.26 Å². The topological polar surface area (TPSA) is 88.8 Å². The van der Waals surface area contributed by atoms with Crippen molar-refractivity contribution in [2.75, 3.05) is 6.61 Å². The molecule has 0 bridgehead atoms. The lowest BCUT2D eigenvalue weighted by atomic mass is 10.1. The van der Waals surface area contributed by atoms with E-state index in [2.05, 4.69) is 15.2 Å².